The highest BCUT2D eigenvalue weighted by atomic mass is 35.5. The predicted molar refractivity (Wildman–Crippen MR) is 61.1 cm³/mol. The van der Waals surface area contributed by atoms with Crippen molar-refractivity contribution in [3.63, 3.8) is 0 Å². The van der Waals surface area contributed by atoms with E-state index in [9.17, 15) is 0 Å². The number of hydrogen-bond donors (Lipinski definition) is 1. The van der Waals surface area contributed by atoms with Gasteiger partial charge in [-0.1, -0.05) is 42.9 Å². The minimum atomic E-state index is 0.230. The van der Waals surface area contributed by atoms with Gasteiger partial charge in [-0.3, -0.25) is 0 Å². The maximum atomic E-state index is 5.84. The first kappa shape index (κ1) is 10.5. The second-order valence-corrected chi connectivity index (χ2v) is 4.05. The Bertz CT molecular complexity index is 312. The standard InChI is InChI=1S/C10H12ClNS/c1-7(10(12)13)5-8-3-2-4-9(11)6-8/h2-4,6-7H,5H2,1H3,(H2,12,13). The molecule has 0 radical (unpaired) electrons. The van der Waals surface area contributed by atoms with Crippen LogP contribution < -0.4 is 5.73 Å². The van der Waals surface area contributed by atoms with Crippen molar-refractivity contribution in [1.29, 1.82) is 0 Å². The molecular formula is C10H12ClNS. The normalized spacial score (nSPS) is 12.5. The van der Waals surface area contributed by atoms with E-state index in [4.69, 9.17) is 29.6 Å². The lowest BCUT2D eigenvalue weighted by Gasteiger charge is -2.09. The molecule has 0 fully saturated rings. The Morgan fingerprint density at radius 1 is 1.62 bits per heavy atom. The molecule has 70 valence electrons. The van der Waals surface area contributed by atoms with Gasteiger partial charge in [0.25, 0.3) is 0 Å². The van der Waals surface area contributed by atoms with E-state index in [0.717, 1.165) is 11.4 Å². The molecule has 1 nitrogen and oxygen atoms in total. The van der Waals surface area contributed by atoms with Crippen molar-refractivity contribution in [1.82, 2.24) is 0 Å². The summed E-state index contributed by atoms with van der Waals surface area (Å²) in [6.45, 7) is 2.02. The van der Waals surface area contributed by atoms with Crippen molar-refractivity contribution >= 4 is 28.8 Å². The average molecular weight is 214 g/mol. The molecule has 1 aromatic carbocycles. The van der Waals surface area contributed by atoms with Crippen molar-refractivity contribution in [2.45, 2.75) is 13.3 Å². The lowest BCUT2D eigenvalue weighted by molar-refractivity contribution is 0.772. The summed E-state index contributed by atoms with van der Waals surface area (Å²) in [5.41, 5.74) is 6.69. The van der Waals surface area contributed by atoms with Crippen molar-refractivity contribution in [2.24, 2.45) is 11.7 Å². The van der Waals surface area contributed by atoms with Crippen molar-refractivity contribution in [2.75, 3.05) is 0 Å². The summed E-state index contributed by atoms with van der Waals surface area (Å²) < 4.78 is 0. The summed E-state index contributed by atoms with van der Waals surface area (Å²) in [5, 5.41) is 0.757. The summed E-state index contributed by atoms with van der Waals surface area (Å²) in [6.07, 6.45) is 0.857. The Labute approximate surface area is 88.9 Å². The van der Waals surface area contributed by atoms with Crippen LogP contribution in [0.2, 0.25) is 5.02 Å². The molecule has 1 atom stereocenters. The summed E-state index contributed by atoms with van der Waals surface area (Å²) >= 11 is 10.7. The van der Waals surface area contributed by atoms with Gasteiger partial charge < -0.3 is 5.73 Å². The van der Waals surface area contributed by atoms with E-state index >= 15 is 0 Å². The van der Waals surface area contributed by atoms with E-state index in [1.807, 2.05) is 31.2 Å². The van der Waals surface area contributed by atoms with Crippen LogP contribution in [0.5, 0.6) is 0 Å². The zero-order valence-electron chi connectivity index (χ0n) is 7.46. The van der Waals surface area contributed by atoms with Gasteiger partial charge in [0.05, 0.1) is 4.99 Å². The lowest BCUT2D eigenvalue weighted by Crippen LogP contribution is -2.20. The molecule has 0 bridgehead atoms. The Kier molecular flexibility index (Phi) is 3.70. The van der Waals surface area contributed by atoms with E-state index in [1.54, 1.807) is 0 Å². The fourth-order valence-electron chi connectivity index (χ4n) is 1.12. The molecule has 0 spiro atoms. The second kappa shape index (κ2) is 4.58. The van der Waals surface area contributed by atoms with E-state index < -0.39 is 0 Å². The van der Waals surface area contributed by atoms with Gasteiger partial charge in [0.15, 0.2) is 0 Å². The summed E-state index contributed by atoms with van der Waals surface area (Å²) in [5.74, 6) is 0.230. The Hall–Kier alpha value is -0.600. The summed E-state index contributed by atoms with van der Waals surface area (Å²) in [4.78, 5) is 0.556. The maximum Gasteiger partial charge on any atom is 0.0759 e. The van der Waals surface area contributed by atoms with Gasteiger partial charge in [0.2, 0.25) is 0 Å². The van der Waals surface area contributed by atoms with Crippen LogP contribution in [-0.2, 0) is 6.42 Å². The molecule has 1 unspecified atom stereocenters. The van der Waals surface area contributed by atoms with Gasteiger partial charge in [-0.2, -0.15) is 0 Å². The smallest absolute Gasteiger partial charge is 0.0759 e. The van der Waals surface area contributed by atoms with Gasteiger partial charge in [0.1, 0.15) is 0 Å². The van der Waals surface area contributed by atoms with E-state index in [0.29, 0.717) is 4.99 Å². The molecule has 0 aliphatic heterocycles. The Balaban J connectivity index is 2.69. The van der Waals surface area contributed by atoms with Gasteiger partial charge in [-0.15, -0.1) is 0 Å². The molecule has 0 saturated carbocycles. The number of halogens is 1. The molecule has 1 rings (SSSR count). The Morgan fingerprint density at radius 3 is 2.85 bits per heavy atom. The van der Waals surface area contributed by atoms with Crippen LogP contribution in [-0.4, -0.2) is 4.99 Å². The SMILES string of the molecule is CC(Cc1cccc(Cl)c1)C(N)=S. The number of hydrogen-bond acceptors (Lipinski definition) is 1. The van der Waals surface area contributed by atoms with Gasteiger partial charge in [-0.05, 0) is 24.1 Å². The molecule has 0 amide bonds. The molecule has 2 N–H and O–H groups in total. The van der Waals surface area contributed by atoms with Crippen molar-refractivity contribution < 1.29 is 0 Å². The van der Waals surface area contributed by atoms with Crippen molar-refractivity contribution in [3.05, 3.63) is 34.9 Å². The fraction of sp³-hybridized carbons (Fsp3) is 0.300. The first-order chi connectivity index (χ1) is 6.09. The summed E-state index contributed by atoms with van der Waals surface area (Å²) in [6, 6.07) is 7.76. The highest BCUT2D eigenvalue weighted by molar-refractivity contribution is 7.80. The molecule has 0 saturated heterocycles. The van der Waals surface area contributed by atoms with Crippen LogP contribution in [0.1, 0.15) is 12.5 Å². The van der Waals surface area contributed by atoms with Crippen LogP contribution in [0, 0.1) is 5.92 Å². The maximum absolute atomic E-state index is 5.84. The minimum Gasteiger partial charge on any atom is -0.393 e. The predicted octanol–water partition coefficient (Wildman–Crippen LogP) is 2.80. The first-order valence-corrected chi connectivity index (χ1v) is 4.92. The highest BCUT2D eigenvalue weighted by Crippen LogP contribution is 2.14. The quantitative estimate of drug-likeness (QED) is 0.782. The number of rotatable bonds is 3. The molecule has 0 aliphatic carbocycles. The third-order valence-corrected chi connectivity index (χ3v) is 2.55. The fourth-order valence-corrected chi connectivity index (χ4v) is 1.41. The van der Waals surface area contributed by atoms with Crippen LogP contribution in [0.15, 0.2) is 24.3 Å². The van der Waals surface area contributed by atoms with Crippen LogP contribution in [0.25, 0.3) is 0 Å². The number of nitrogens with two attached hydrogens (primary N) is 1. The highest BCUT2D eigenvalue weighted by Gasteiger charge is 2.05. The van der Waals surface area contributed by atoms with E-state index in [2.05, 4.69) is 0 Å². The zero-order valence-corrected chi connectivity index (χ0v) is 9.03. The third-order valence-electron chi connectivity index (χ3n) is 1.92. The Morgan fingerprint density at radius 2 is 2.31 bits per heavy atom. The van der Waals surface area contributed by atoms with E-state index in [-0.39, 0.29) is 5.92 Å². The minimum absolute atomic E-state index is 0.230. The number of thiocarbonyl (C=S) groups is 1. The zero-order chi connectivity index (χ0) is 9.84. The first-order valence-electron chi connectivity index (χ1n) is 4.13. The molecular weight excluding hydrogens is 202 g/mol. The summed E-state index contributed by atoms with van der Waals surface area (Å²) in [7, 11) is 0. The average Bonchev–Trinajstić information content (AvgIpc) is 2.04. The van der Waals surface area contributed by atoms with Gasteiger partial charge >= 0.3 is 0 Å². The molecule has 3 heteroatoms. The largest absolute Gasteiger partial charge is 0.393 e. The van der Waals surface area contributed by atoms with Gasteiger partial charge in [0, 0.05) is 10.9 Å². The topological polar surface area (TPSA) is 26.0 Å². The van der Waals surface area contributed by atoms with Crippen LogP contribution in [0.4, 0.5) is 0 Å². The van der Waals surface area contributed by atoms with Gasteiger partial charge in [-0.25, -0.2) is 0 Å². The van der Waals surface area contributed by atoms with Crippen molar-refractivity contribution in [3.8, 4) is 0 Å². The molecule has 13 heavy (non-hydrogen) atoms. The van der Waals surface area contributed by atoms with Crippen LogP contribution >= 0.6 is 23.8 Å². The molecule has 0 heterocycles. The monoisotopic (exact) mass is 213 g/mol. The molecule has 1 aromatic rings. The van der Waals surface area contributed by atoms with E-state index in [1.165, 1.54) is 5.56 Å². The second-order valence-electron chi connectivity index (χ2n) is 3.14. The number of benzene rings is 1. The third kappa shape index (κ3) is 3.33. The molecule has 0 aliphatic rings. The van der Waals surface area contributed by atoms with Crippen LogP contribution in [0.3, 0.4) is 0 Å². The lowest BCUT2D eigenvalue weighted by atomic mass is 10.0. The molecule has 0 aromatic heterocycles.